The number of rotatable bonds is 5. The van der Waals surface area contributed by atoms with Crippen molar-refractivity contribution in [1.29, 1.82) is 0 Å². The second kappa shape index (κ2) is 7.05. The molecule has 0 spiro atoms. The van der Waals surface area contributed by atoms with Crippen molar-refractivity contribution in [2.45, 2.75) is 32.2 Å². The number of nitrogens with one attached hydrogen (secondary N) is 1. The van der Waals surface area contributed by atoms with Crippen molar-refractivity contribution in [3.05, 3.63) is 29.3 Å². The third kappa shape index (κ3) is 3.94. The number of hydrogen-bond acceptors (Lipinski definition) is 4. The predicted molar refractivity (Wildman–Crippen MR) is 86.5 cm³/mol. The number of hydrogen-bond donors (Lipinski definition) is 2. The van der Waals surface area contributed by atoms with Crippen LogP contribution in [0.15, 0.2) is 18.2 Å². The van der Waals surface area contributed by atoms with Crippen LogP contribution in [0.2, 0.25) is 0 Å². The lowest BCUT2D eigenvalue weighted by Gasteiger charge is -2.33. The Labute approximate surface area is 134 Å². The molecule has 22 heavy (non-hydrogen) atoms. The highest BCUT2D eigenvalue weighted by Gasteiger charge is 2.41. The lowest BCUT2D eigenvalue weighted by atomic mass is 9.92. The van der Waals surface area contributed by atoms with Crippen LogP contribution in [0.1, 0.15) is 24.0 Å². The molecule has 0 saturated carbocycles. The average molecular weight is 323 g/mol. The van der Waals surface area contributed by atoms with E-state index in [0.717, 1.165) is 22.6 Å². The van der Waals surface area contributed by atoms with E-state index in [0.29, 0.717) is 18.6 Å². The summed E-state index contributed by atoms with van der Waals surface area (Å²) in [4.78, 5) is 23.5. The zero-order valence-corrected chi connectivity index (χ0v) is 13.7. The number of carbonyl (C=O) groups is 2. The number of amides is 1. The highest BCUT2D eigenvalue weighted by Crippen LogP contribution is 2.27. The molecule has 2 N–H and O–H groups in total. The fourth-order valence-corrected chi connectivity index (χ4v) is 3.56. The molecule has 1 aliphatic rings. The van der Waals surface area contributed by atoms with E-state index in [1.165, 1.54) is 0 Å². The zero-order valence-electron chi connectivity index (χ0n) is 12.8. The Morgan fingerprint density at radius 3 is 2.55 bits per heavy atom. The van der Waals surface area contributed by atoms with Crippen molar-refractivity contribution >= 4 is 23.6 Å². The molecule has 1 fully saturated rings. The molecule has 1 amide bonds. The first-order valence-corrected chi connectivity index (χ1v) is 8.41. The van der Waals surface area contributed by atoms with Gasteiger partial charge in [-0.15, -0.1) is 0 Å². The quantitative estimate of drug-likeness (QED) is 0.868. The Hall–Kier alpha value is -1.69. The number of carboxylic acid groups (broad SMARTS) is 1. The number of carboxylic acids is 1. The van der Waals surface area contributed by atoms with Gasteiger partial charge in [-0.2, -0.15) is 11.8 Å². The molecular formula is C16H21NO4S. The Kier molecular flexibility index (Phi) is 5.34. The van der Waals surface area contributed by atoms with E-state index in [1.807, 2.05) is 26.0 Å². The van der Waals surface area contributed by atoms with Crippen LogP contribution < -0.4 is 10.1 Å². The fourth-order valence-electron chi connectivity index (χ4n) is 2.37. The van der Waals surface area contributed by atoms with E-state index in [2.05, 4.69) is 5.32 Å². The molecule has 0 bridgehead atoms. The summed E-state index contributed by atoms with van der Waals surface area (Å²) in [6, 6.07) is 5.60. The van der Waals surface area contributed by atoms with Crippen molar-refractivity contribution in [2.75, 3.05) is 18.1 Å². The van der Waals surface area contributed by atoms with Gasteiger partial charge in [0.25, 0.3) is 5.91 Å². The lowest BCUT2D eigenvalue weighted by molar-refractivity contribution is -0.148. The van der Waals surface area contributed by atoms with E-state index < -0.39 is 17.4 Å². The standard InChI is InChI=1S/C16H21NO4S/c1-11-3-4-13(9-12(11)2)21-10-14(18)17-16(15(19)20)5-7-22-8-6-16/h3-4,9H,5-8,10H2,1-2H3,(H,17,18)(H,19,20). The number of ether oxygens (including phenoxy) is 1. The van der Waals surface area contributed by atoms with Gasteiger partial charge in [0, 0.05) is 0 Å². The van der Waals surface area contributed by atoms with Gasteiger partial charge in [-0.25, -0.2) is 4.79 Å². The average Bonchev–Trinajstić information content (AvgIpc) is 2.49. The van der Waals surface area contributed by atoms with Gasteiger partial charge in [0.05, 0.1) is 0 Å². The van der Waals surface area contributed by atoms with E-state index in [9.17, 15) is 14.7 Å². The predicted octanol–water partition coefficient (Wildman–Crippen LogP) is 2.15. The second-order valence-corrected chi connectivity index (χ2v) is 6.81. The molecule has 1 heterocycles. The van der Waals surface area contributed by atoms with Crippen LogP contribution in [-0.4, -0.2) is 40.6 Å². The molecule has 1 aromatic rings. The molecule has 1 aliphatic heterocycles. The number of carbonyl (C=O) groups excluding carboxylic acids is 1. The van der Waals surface area contributed by atoms with Crippen LogP contribution in [0.4, 0.5) is 0 Å². The maximum atomic E-state index is 12.0. The SMILES string of the molecule is Cc1ccc(OCC(=O)NC2(C(=O)O)CCSCC2)cc1C. The number of thioether (sulfide) groups is 1. The van der Waals surface area contributed by atoms with Gasteiger partial charge in [-0.05, 0) is 61.5 Å². The van der Waals surface area contributed by atoms with E-state index in [4.69, 9.17) is 4.74 Å². The molecule has 0 aromatic heterocycles. The Morgan fingerprint density at radius 2 is 1.95 bits per heavy atom. The van der Waals surface area contributed by atoms with Gasteiger partial charge in [0.2, 0.25) is 0 Å². The van der Waals surface area contributed by atoms with Gasteiger partial charge in [0.15, 0.2) is 6.61 Å². The molecule has 0 atom stereocenters. The van der Waals surface area contributed by atoms with Crippen molar-refractivity contribution in [3.8, 4) is 5.75 Å². The summed E-state index contributed by atoms with van der Waals surface area (Å²) in [5, 5.41) is 12.1. The summed E-state index contributed by atoms with van der Waals surface area (Å²) in [6.07, 6.45) is 0.894. The van der Waals surface area contributed by atoms with Crippen LogP contribution in [0.5, 0.6) is 5.75 Å². The summed E-state index contributed by atoms with van der Waals surface area (Å²) >= 11 is 1.71. The molecule has 5 nitrogen and oxygen atoms in total. The highest BCUT2D eigenvalue weighted by molar-refractivity contribution is 7.99. The van der Waals surface area contributed by atoms with Gasteiger partial charge in [-0.1, -0.05) is 6.07 Å². The summed E-state index contributed by atoms with van der Waals surface area (Å²) < 4.78 is 5.46. The van der Waals surface area contributed by atoms with E-state index in [1.54, 1.807) is 17.8 Å². The normalized spacial score (nSPS) is 16.8. The minimum absolute atomic E-state index is 0.176. The maximum absolute atomic E-state index is 12.0. The van der Waals surface area contributed by atoms with Gasteiger partial charge in [0.1, 0.15) is 11.3 Å². The van der Waals surface area contributed by atoms with Crippen molar-refractivity contribution in [1.82, 2.24) is 5.32 Å². The largest absolute Gasteiger partial charge is 0.484 e. The topological polar surface area (TPSA) is 75.6 Å². The first-order valence-electron chi connectivity index (χ1n) is 7.25. The summed E-state index contributed by atoms with van der Waals surface area (Å²) in [5.41, 5.74) is 1.10. The molecule has 0 unspecified atom stereocenters. The molecule has 6 heteroatoms. The van der Waals surface area contributed by atoms with Crippen LogP contribution in [0.3, 0.4) is 0 Å². The molecule has 0 radical (unpaired) electrons. The summed E-state index contributed by atoms with van der Waals surface area (Å²) in [7, 11) is 0. The van der Waals surface area contributed by atoms with Gasteiger partial charge >= 0.3 is 5.97 Å². The molecule has 0 aliphatic carbocycles. The van der Waals surface area contributed by atoms with Gasteiger partial charge < -0.3 is 15.2 Å². The second-order valence-electron chi connectivity index (χ2n) is 5.58. The number of aryl methyl sites for hydroxylation is 2. The smallest absolute Gasteiger partial charge is 0.329 e. The Morgan fingerprint density at radius 1 is 1.27 bits per heavy atom. The van der Waals surface area contributed by atoms with Crippen LogP contribution in [0.25, 0.3) is 0 Å². The van der Waals surface area contributed by atoms with E-state index >= 15 is 0 Å². The lowest BCUT2D eigenvalue weighted by Crippen LogP contribution is -2.57. The molecule has 120 valence electrons. The van der Waals surface area contributed by atoms with Crippen LogP contribution in [0, 0.1) is 13.8 Å². The third-order valence-electron chi connectivity index (χ3n) is 3.98. The Bertz CT molecular complexity index is 567. The monoisotopic (exact) mass is 323 g/mol. The van der Waals surface area contributed by atoms with Crippen molar-refractivity contribution < 1.29 is 19.4 Å². The summed E-state index contributed by atoms with van der Waals surface area (Å²) in [6.45, 7) is 3.80. The third-order valence-corrected chi connectivity index (χ3v) is 4.97. The van der Waals surface area contributed by atoms with Crippen molar-refractivity contribution in [3.63, 3.8) is 0 Å². The molecular weight excluding hydrogens is 302 g/mol. The number of benzene rings is 1. The fraction of sp³-hybridized carbons (Fsp3) is 0.500. The van der Waals surface area contributed by atoms with E-state index in [-0.39, 0.29) is 6.61 Å². The van der Waals surface area contributed by atoms with Gasteiger partial charge in [-0.3, -0.25) is 4.79 Å². The zero-order chi connectivity index (χ0) is 16.2. The minimum atomic E-state index is -1.14. The maximum Gasteiger partial charge on any atom is 0.329 e. The first kappa shape index (κ1) is 16.7. The minimum Gasteiger partial charge on any atom is -0.484 e. The van der Waals surface area contributed by atoms with Crippen molar-refractivity contribution in [2.24, 2.45) is 0 Å². The summed E-state index contributed by atoms with van der Waals surface area (Å²) in [5.74, 6) is 0.733. The van der Waals surface area contributed by atoms with Crippen LogP contribution >= 0.6 is 11.8 Å². The Balaban J connectivity index is 1.94. The number of aliphatic carboxylic acids is 1. The molecule has 2 rings (SSSR count). The van der Waals surface area contributed by atoms with Crippen LogP contribution in [-0.2, 0) is 9.59 Å². The highest BCUT2D eigenvalue weighted by atomic mass is 32.2. The molecule has 1 saturated heterocycles. The first-order chi connectivity index (χ1) is 10.4. The molecule has 1 aromatic carbocycles.